The Labute approximate surface area is 280 Å². The lowest BCUT2D eigenvalue weighted by Crippen LogP contribution is -2.14. The van der Waals surface area contributed by atoms with Crippen molar-refractivity contribution in [2.24, 2.45) is 0 Å². The third-order valence-electron chi connectivity index (χ3n) is 7.03. The fraction of sp³-hybridized carbons (Fsp3) is 0.147. The van der Waals surface area contributed by atoms with Crippen molar-refractivity contribution in [3.05, 3.63) is 124 Å². The van der Waals surface area contributed by atoms with E-state index in [1.807, 2.05) is 29.6 Å². The quantitative estimate of drug-likeness (QED) is 0.0758. The number of thiazole rings is 1. The Morgan fingerprint density at radius 1 is 0.979 bits per heavy atom. The first kappa shape index (κ1) is 32.2. The lowest BCUT2D eigenvalue weighted by Gasteiger charge is -2.12. The van der Waals surface area contributed by atoms with Gasteiger partial charge in [-0.3, -0.25) is 4.98 Å². The van der Waals surface area contributed by atoms with Crippen LogP contribution in [-0.4, -0.2) is 46.4 Å². The molecule has 0 amide bonds. The molecule has 0 saturated heterocycles. The Morgan fingerprint density at radius 2 is 1.89 bits per heavy atom. The second-order valence-corrected chi connectivity index (χ2v) is 12.6. The van der Waals surface area contributed by atoms with E-state index in [9.17, 15) is 12.8 Å². The molecule has 0 bridgehead atoms. The molecular weight excluding hydrogens is 661 g/mol. The van der Waals surface area contributed by atoms with Gasteiger partial charge in [0.25, 0.3) is 0 Å². The van der Waals surface area contributed by atoms with Gasteiger partial charge >= 0.3 is 0 Å². The van der Waals surface area contributed by atoms with Gasteiger partial charge in [0.2, 0.25) is 10.3 Å². The van der Waals surface area contributed by atoms with Crippen molar-refractivity contribution in [1.82, 2.24) is 19.9 Å². The first-order valence-electron chi connectivity index (χ1n) is 14.5. The molecule has 1 N–H and O–H groups in total. The minimum Gasteiger partial charge on any atom is -0.487 e. The third-order valence-corrected chi connectivity index (χ3v) is 8.96. The van der Waals surface area contributed by atoms with Gasteiger partial charge in [0.15, 0.2) is 0 Å². The van der Waals surface area contributed by atoms with Crippen molar-refractivity contribution < 1.29 is 22.3 Å². The number of hydrogen-bond acceptors (Lipinski definition) is 10. The van der Waals surface area contributed by atoms with E-state index in [4.69, 9.17) is 26.1 Å². The number of benzene rings is 3. The molecule has 6 aromatic rings. The van der Waals surface area contributed by atoms with Crippen LogP contribution in [0.2, 0.25) is 5.02 Å². The highest BCUT2D eigenvalue weighted by atomic mass is 35.5. The molecule has 0 spiro atoms. The number of aryl methyl sites for hydroxylation is 1. The second-order valence-electron chi connectivity index (χ2n) is 10.3. The Hall–Kier alpha value is -4.75. The van der Waals surface area contributed by atoms with Crippen LogP contribution in [0, 0.1) is 5.82 Å². The standard InChI is InChI=1S/C34H27ClFN5O4S2/c35-27-17-25(10-12-31(27)45-18-22-5-3-6-24(36)15-22)40-34-26-16-23(9-11-28(26)38-21-39-34)30-20-46-33(41-30)8-4-14-44-19-32(47(42)43)29-7-1-2-13-37-29/h1-3,5-7,9-13,15-17,20-21H,4,8,14,18-19H2,(H,38,39,40). The molecule has 0 aliphatic carbocycles. The summed E-state index contributed by atoms with van der Waals surface area (Å²) in [4.78, 5) is 17.9. The van der Waals surface area contributed by atoms with Crippen LogP contribution in [0.25, 0.3) is 22.2 Å². The van der Waals surface area contributed by atoms with Crippen LogP contribution in [0.15, 0.2) is 96.8 Å². The number of halogens is 2. The minimum absolute atomic E-state index is 0.0353. The van der Waals surface area contributed by atoms with Crippen LogP contribution in [0.4, 0.5) is 15.9 Å². The molecule has 0 radical (unpaired) electrons. The summed E-state index contributed by atoms with van der Waals surface area (Å²) in [6.07, 6.45) is 4.42. The number of pyridine rings is 1. The number of anilines is 2. The van der Waals surface area contributed by atoms with E-state index < -0.39 is 10.3 Å². The first-order chi connectivity index (χ1) is 22.9. The summed E-state index contributed by atoms with van der Waals surface area (Å²) in [6, 6.07) is 22.6. The summed E-state index contributed by atoms with van der Waals surface area (Å²) in [7, 11) is -2.41. The Kier molecular flexibility index (Phi) is 10.4. The molecule has 0 aliphatic heterocycles. The minimum atomic E-state index is -2.41. The second kappa shape index (κ2) is 15.2. The fourth-order valence-electron chi connectivity index (χ4n) is 4.72. The van der Waals surface area contributed by atoms with E-state index in [0.717, 1.165) is 27.2 Å². The molecule has 3 aromatic carbocycles. The highest BCUT2D eigenvalue weighted by molar-refractivity contribution is 7.73. The molecule has 238 valence electrons. The maximum absolute atomic E-state index is 13.5. The van der Waals surface area contributed by atoms with E-state index in [-0.39, 0.29) is 23.9 Å². The number of nitrogens with zero attached hydrogens (tertiary/aromatic N) is 4. The predicted octanol–water partition coefficient (Wildman–Crippen LogP) is 7.31. The summed E-state index contributed by atoms with van der Waals surface area (Å²) < 4.78 is 48.2. The van der Waals surface area contributed by atoms with Crippen molar-refractivity contribution in [1.29, 1.82) is 0 Å². The molecular formula is C34H27ClFN5O4S2. The summed E-state index contributed by atoms with van der Waals surface area (Å²) in [5.74, 6) is 0.766. The van der Waals surface area contributed by atoms with Gasteiger partial charge in [-0.1, -0.05) is 35.9 Å². The van der Waals surface area contributed by atoms with Gasteiger partial charge < -0.3 is 14.8 Å². The van der Waals surface area contributed by atoms with E-state index in [1.54, 1.807) is 60.0 Å². The fourth-order valence-corrected chi connectivity index (χ4v) is 6.28. The summed E-state index contributed by atoms with van der Waals surface area (Å²) in [5, 5.41) is 7.49. The highest BCUT2D eigenvalue weighted by Crippen LogP contribution is 2.33. The molecule has 0 fully saturated rings. The van der Waals surface area contributed by atoms with Gasteiger partial charge in [-0.25, -0.2) is 19.3 Å². The van der Waals surface area contributed by atoms with Gasteiger partial charge in [0.05, 0.1) is 33.5 Å². The average Bonchev–Trinajstić information content (AvgIpc) is 3.55. The van der Waals surface area contributed by atoms with Crippen molar-refractivity contribution in [3.63, 3.8) is 0 Å². The normalized spacial score (nSPS) is 11.0. The van der Waals surface area contributed by atoms with Gasteiger partial charge in [-0.05, 0) is 66.6 Å². The molecule has 0 atom stereocenters. The Balaban J connectivity index is 1.08. The molecule has 3 heterocycles. The van der Waals surface area contributed by atoms with Crippen LogP contribution in [0.1, 0.15) is 22.7 Å². The van der Waals surface area contributed by atoms with E-state index in [2.05, 4.69) is 20.3 Å². The zero-order chi connectivity index (χ0) is 32.6. The van der Waals surface area contributed by atoms with Crippen molar-refractivity contribution in [2.45, 2.75) is 19.4 Å². The van der Waals surface area contributed by atoms with Gasteiger partial charge in [-0.15, -0.1) is 11.3 Å². The van der Waals surface area contributed by atoms with Gasteiger partial charge in [0.1, 0.15) is 35.2 Å². The molecule has 47 heavy (non-hydrogen) atoms. The summed E-state index contributed by atoms with van der Waals surface area (Å²) in [5.41, 5.74) is 4.31. The topological polar surface area (TPSA) is 116 Å². The Bertz CT molecular complexity index is 2160. The van der Waals surface area contributed by atoms with Gasteiger partial charge in [0, 0.05) is 41.2 Å². The van der Waals surface area contributed by atoms with Crippen LogP contribution >= 0.6 is 22.9 Å². The SMILES string of the molecule is O=S(=O)=C(COCCCc1nc(-c2ccc3ncnc(Nc4ccc(OCc5cccc(F)c5)c(Cl)c4)c3c2)cs1)c1ccccn1. The van der Waals surface area contributed by atoms with Gasteiger partial charge in [-0.2, -0.15) is 8.42 Å². The first-order valence-corrected chi connectivity index (χ1v) is 16.8. The number of hydrogen-bond donors (Lipinski definition) is 1. The van der Waals surface area contributed by atoms with E-state index >= 15 is 0 Å². The monoisotopic (exact) mass is 687 g/mol. The smallest absolute Gasteiger partial charge is 0.221 e. The van der Waals surface area contributed by atoms with E-state index in [1.165, 1.54) is 18.5 Å². The summed E-state index contributed by atoms with van der Waals surface area (Å²) in [6.45, 7) is 0.537. The van der Waals surface area contributed by atoms with Crippen molar-refractivity contribution in [2.75, 3.05) is 18.5 Å². The van der Waals surface area contributed by atoms with Crippen molar-refractivity contribution in [3.8, 4) is 17.0 Å². The van der Waals surface area contributed by atoms with Crippen LogP contribution in [0.3, 0.4) is 0 Å². The molecule has 0 aliphatic rings. The van der Waals surface area contributed by atoms with Crippen LogP contribution in [-0.2, 0) is 28.1 Å². The molecule has 0 unspecified atom stereocenters. The average molecular weight is 688 g/mol. The van der Waals surface area contributed by atoms with Crippen LogP contribution < -0.4 is 10.1 Å². The van der Waals surface area contributed by atoms with Crippen molar-refractivity contribution >= 4 is 60.5 Å². The zero-order valence-corrected chi connectivity index (χ0v) is 27.2. The molecule has 6 rings (SSSR count). The maximum atomic E-state index is 13.5. The zero-order valence-electron chi connectivity index (χ0n) is 24.8. The summed E-state index contributed by atoms with van der Waals surface area (Å²) >= 11 is 8.07. The number of fused-ring (bicyclic) bond motifs is 1. The molecule has 3 aromatic heterocycles. The number of aromatic nitrogens is 4. The largest absolute Gasteiger partial charge is 0.487 e. The van der Waals surface area contributed by atoms with E-state index in [0.29, 0.717) is 53.0 Å². The lowest BCUT2D eigenvalue weighted by molar-refractivity contribution is 0.170. The number of ether oxygens (including phenoxy) is 2. The molecule has 13 heteroatoms. The predicted molar refractivity (Wildman–Crippen MR) is 183 cm³/mol. The Morgan fingerprint density at radius 3 is 2.70 bits per heavy atom. The number of rotatable bonds is 13. The molecule has 0 saturated carbocycles. The van der Waals surface area contributed by atoms with Crippen LogP contribution in [0.5, 0.6) is 5.75 Å². The molecule has 9 nitrogen and oxygen atoms in total. The third kappa shape index (κ3) is 8.35. The maximum Gasteiger partial charge on any atom is 0.221 e. The number of nitrogens with one attached hydrogen (secondary N) is 1. The highest BCUT2D eigenvalue weighted by Gasteiger charge is 2.12. The lowest BCUT2D eigenvalue weighted by atomic mass is 10.1.